The van der Waals surface area contributed by atoms with Crippen LogP contribution in [0, 0.1) is 0 Å². The summed E-state index contributed by atoms with van der Waals surface area (Å²) in [5, 5.41) is 3.48. The Balaban J connectivity index is 2.28. The van der Waals surface area contributed by atoms with E-state index in [1.54, 1.807) is 0 Å². The molecule has 0 atom stereocenters. The highest BCUT2D eigenvalue weighted by molar-refractivity contribution is 5.75. The Morgan fingerprint density at radius 3 is 2.11 bits per heavy atom. The molecule has 0 aromatic heterocycles. The van der Waals surface area contributed by atoms with Crippen molar-refractivity contribution in [2.24, 2.45) is 0 Å². The van der Waals surface area contributed by atoms with Gasteiger partial charge in [-0.05, 0) is 38.1 Å². The second-order valence-corrected chi connectivity index (χ2v) is 4.18. The molecule has 2 rings (SSSR count). The van der Waals surface area contributed by atoms with E-state index in [2.05, 4.69) is 60.5 Å². The van der Waals surface area contributed by atoms with Crippen molar-refractivity contribution in [3.05, 3.63) is 54.6 Å². The first-order valence-electron chi connectivity index (χ1n) is 6.51. The first kappa shape index (κ1) is 12.5. The molecule has 1 N–H and O–H groups in total. The van der Waals surface area contributed by atoms with Crippen LogP contribution in [0.15, 0.2) is 54.6 Å². The molecule has 0 fully saturated rings. The molecule has 0 aliphatic rings. The molecule has 0 unspecified atom stereocenters. The lowest BCUT2D eigenvalue weighted by molar-refractivity contribution is 0.867. The predicted octanol–water partition coefficient (Wildman–Crippen LogP) is 4.28. The van der Waals surface area contributed by atoms with Gasteiger partial charge in [-0.25, -0.2) is 0 Å². The lowest BCUT2D eigenvalue weighted by atomic mass is 10.2. The minimum absolute atomic E-state index is 1.02. The third-order valence-corrected chi connectivity index (χ3v) is 3.06. The Morgan fingerprint density at radius 1 is 0.833 bits per heavy atom. The van der Waals surface area contributed by atoms with Crippen molar-refractivity contribution in [3.63, 3.8) is 0 Å². The van der Waals surface area contributed by atoms with Crippen LogP contribution in [0.25, 0.3) is 0 Å². The molecule has 0 aliphatic heterocycles. The van der Waals surface area contributed by atoms with Crippen LogP contribution in [0.3, 0.4) is 0 Å². The summed E-state index contributed by atoms with van der Waals surface area (Å²) in [5.41, 5.74) is 3.54. The maximum Gasteiger partial charge on any atom is 0.0622 e. The summed E-state index contributed by atoms with van der Waals surface area (Å²) >= 11 is 0. The van der Waals surface area contributed by atoms with Crippen LogP contribution in [0.5, 0.6) is 0 Å². The fraction of sp³-hybridized carbons (Fsp3) is 0.250. The second-order valence-electron chi connectivity index (χ2n) is 4.18. The van der Waals surface area contributed by atoms with Crippen molar-refractivity contribution in [1.29, 1.82) is 0 Å². The Hall–Kier alpha value is -1.96. The number of rotatable bonds is 5. The van der Waals surface area contributed by atoms with Crippen molar-refractivity contribution in [1.82, 2.24) is 0 Å². The highest BCUT2D eigenvalue weighted by atomic mass is 15.1. The van der Waals surface area contributed by atoms with Crippen LogP contribution < -0.4 is 10.2 Å². The van der Waals surface area contributed by atoms with Crippen LogP contribution in [0.2, 0.25) is 0 Å². The van der Waals surface area contributed by atoms with Gasteiger partial charge >= 0.3 is 0 Å². The van der Waals surface area contributed by atoms with Gasteiger partial charge in [-0.15, -0.1) is 0 Å². The minimum atomic E-state index is 1.02. The zero-order chi connectivity index (χ0) is 12.8. The van der Waals surface area contributed by atoms with Gasteiger partial charge in [0.25, 0.3) is 0 Å². The van der Waals surface area contributed by atoms with Crippen molar-refractivity contribution in [2.45, 2.75) is 13.8 Å². The normalized spacial score (nSPS) is 10.1. The van der Waals surface area contributed by atoms with E-state index in [1.807, 2.05) is 18.2 Å². The van der Waals surface area contributed by atoms with Crippen molar-refractivity contribution in [2.75, 3.05) is 23.3 Å². The maximum absolute atomic E-state index is 3.48. The maximum atomic E-state index is 3.48. The second kappa shape index (κ2) is 6.10. The molecule has 2 nitrogen and oxygen atoms in total. The molecule has 18 heavy (non-hydrogen) atoms. The molecular formula is C16H20N2. The van der Waals surface area contributed by atoms with Gasteiger partial charge in [0.1, 0.15) is 0 Å². The Bertz CT molecular complexity index is 475. The number of anilines is 3. The van der Waals surface area contributed by atoms with Gasteiger partial charge in [0.2, 0.25) is 0 Å². The number of hydrogen-bond acceptors (Lipinski definition) is 2. The lowest BCUT2D eigenvalue weighted by Gasteiger charge is -2.24. The van der Waals surface area contributed by atoms with E-state index >= 15 is 0 Å². The molecule has 2 aromatic carbocycles. The summed E-state index contributed by atoms with van der Waals surface area (Å²) in [7, 11) is 0. The zero-order valence-corrected chi connectivity index (χ0v) is 11.1. The van der Waals surface area contributed by atoms with Crippen LogP contribution in [0.4, 0.5) is 17.1 Å². The molecule has 0 aliphatic carbocycles. The molecule has 0 spiro atoms. The smallest absolute Gasteiger partial charge is 0.0622 e. The summed E-state index contributed by atoms with van der Waals surface area (Å²) in [6.45, 7) is 6.40. The van der Waals surface area contributed by atoms with Gasteiger partial charge in [-0.3, -0.25) is 0 Å². The molecule has 0 amide bonds. The van der Waals surface area contributed by atoms with E-state index in [-0.39, 0.29) is 0 Å². The van der Waals surface area contributed by atoms with Gasteiger partial charge in [0, 0.05) is 18.8 Å². The first-order chi connectivity index (χ1) is 8.85. The lowest BCUT2D eigenvalue weighted by Crippen LogP contribution is -2.22. The van der Waals surface area contributed by atoms with Gasteiger partial charge in [0.05, 0.1) is 11.4 Å². The van der Waals surface area contributed by atoms with Gasteiger partial charge in [-0.1, -0.05) is 30.3 Å². The quantitative estimate of drug-likeness (QED) is 0.839. The number of nitrogens with one attached hydrogen (secondary N) is 1. The van der Waals surface area contributed by atoms with Crippen LogP contribution in [-0.4, -0.2) is 13.1 Å². The van der Waals surface area contributed by atoms with Gasteiger partial charge in [-0.2, -0.15) is 0 Å². The van der Waals surface area contributed by atoms with E-state index in [0.29, 0.717) is 0 Å². The third-order valence-electron chi connectivity index (χ3n) is 3.06. The Morgan fingerprint density at radius 2 is 1.44 bits per heavy atom. The molecule has 0 radical (unpaired) electrons. The highest BCUT2D eigenvalue weighted by Gasteiger charge is 2.07. The zero-order valence-electron chi connectivity index (χ0n) is 11.1. The molecule has 2 heteroatoms. The van der Waals surface area contributed by atoms with Crippen molar-refractivity contribution < 1.29 is 0 Å². The minimum Gasteiger partial charge on any atom is -0.370 e. The third kappa shape index (κ3) is 2.83. The first-order valence-corrected chi connectivity index (χ1v) is 6.51. The van der Waals surface area contributed by atoms with E-state index in [0.717, 1.165) is 24.5 Å². The van der Waals surface area contributed by atoms with E-state index in [9.17, 15) is 0 Å². The van der Waals surface area contributed by atoms with E-state index < -0.39 is 0 Å². The predicted molar refractivity (Wildman–Crippen MR) is 79.7 cm³/mol. The van der Waals surface area contributed by atoms with Crippen LogP contribution in [0.1, 0.15) is 13.8 Å². The summed E-state index contributed by atoms with van der Waals surface area (Å²) in [5.74, 6) is 0. The SMILES string of the molecule is CCN(CC)c1ccccc1Nc1ccccc1. The summed E-state index contributed by atoms with van der Waals surface area (Å²) in [6, 6.07) is 18.7. The van der Waals surface area contributed by atoms with Crippen molar-refractivity contribution >= 4 is 17.1 Å². The highest BCUT2D eigenvalue weighted by Crippen LogP contribution is 2.28. The van der Waals surface area contributed by atoms with E-state index in [4.69, 9.17) is 0 Å². The average Bonchev–Trinajstić information content (AvgIpc) is 2.43. The largest absolute Gasteiger partial charge is 0.370 e. The topological polar surface area (TPSA) is 15.3 Å². The Labute approximate surface area is 109 Å². The Kier molecular flexibility index (Phi) is 4.24. The number of para-hydroxylation sites is 3. The number of hydrogen-bond donors (Lipinski definition) is 1. The molecule has 0 heterocycles. The molecule has 0 bridgehead atoms. The summed E-state index contributed by atoms with van der Waals surface area (Å²) in [6.07, 6.45) is 0. The van der Waals surface area contributed by atoms with Gasteiger partial charge in [0.15, 0.2) is 0 Å². The monoisotopic (exact) mass is 240 g/mol. The molecular weight excluding hydrogens is 220 g/mol. The van der Waals surface area contributed by atoms with Crippen LogP contribution in [-0.2, 0) is 0 Å². The fourth-order valence-electron chi connectivity index (χ4n) is 2.10. The van der Waals surface area contributed by atoms with E-state index in [1.165, 1.54) is 5.69 Å². The molecule has 0 saturated heterocycles. The summed E-state index contributed by atoms with van der Waals surface area (Å²) < 4.78 is 0. The molecule has 2 aromatic rings. The van der Waals surface area contributed by atoms with Crippen molar-refractivity contribution in [3.8, 4) is 0 Å². The van der Waals surface area contributed by atoms with Crippen LogP contribution >= 0.6 is 0 Å². The fourth-order valence-corrected chi connectivity index (χ4v) is 2.10. The average molecular weight is 240 g/mol. The van der Waals surface area contributed by atoms with Gasteiger partial charge < -0.3 is 10.2 Å². The summed E-state index contributed by atoms with van der Waals surface area (Å²) in [4.78, 5) is 2.35. The number of benzene rings is 2. The standard InChI is InChI=1S/C16H20N2/c1-3-18(4-2)16-13-9-8-12-15(16)17-14-10-6-5-7-11-14/h5-13,17H,3-4H2,1-2H3. The molecule has 94 valence electrons. The molecule has 0 saturated carbocycles. The number of nitrogens with zero attached hydrogens (tertiary/aromatic N) is 1.